The van der Waals surface area contributed by atoms with Crippen LogP contribution in [0, 0.1) is 5.82 Å². The van der Waals surface area contributed by atoms with Crippen LogP contribution in [0.1, 0.15) is 6.92 Å². The van der Waals surface area contributed by atoms with Crippen LogP contribution in [-0.2, 0) is 0 Å². The first kappa shape index (κ1) is 10.6. The Balaban J connectivity index is 1.97. The van der Waals surface area contributed by atoms with Crippen LogP contribution in [0.5, 0.6) is 0 Å². The number of halogens is 2. The van der Waals surface area contributed by atoms with Crippen molar-refractivity contribution in [3.8, 4) is 0 Å². The summed E-state index contributed by atoms with van der Waals surface area (Å²) >= 11 is 5.58. The molecule has 0 aliphatic carbocycles. The Morgan fingerprint density at radius 2 is 2.40 bits per heavy atom. The smallest absolute Gasteiger partial charge is 0.224 e. The molecule has 1 aliphatic heterocycles. The Kier molecular flexibility index (Phi) is 3.02. The van der Waals surface area contributed by atoms with Gasteiger partial charge in [-0.05, 0) is 18.1 Å². The molecule has 1 aromatic heterocycles. The van der Waals surface area contributed by atoms with Crippen molar-refractivity contribution in [2.45, 2.75) is 13.0 Å². The number of anilines is 1. The highest BCUT2D eigenvalue weighted by Gasteiger charge is 2.26. The molecule has 1 saturated heterocycles. The van der Waals surface area contributed by atoms with Gasteiger partial charge in [0.2, 0.25) is 5.28 Å². The Morgan fingerprint density at radius 3 is 3.07 bits per heavy atom. The molecule has 0 amide bonds. The van der Waals surface area contributed by atoms with Crippen molar-refractivity contribution in [3.05, 3.63) is 17.3 Å². The van der Waals surface area contributed by atoms with Crippen LogP contribution in [0.4, 0.5) is 10.2 Å². The summed E-state index contributed by atoms with van der Waals surface area (Å²) in [4.78, 5) is 9.59. The van der Waals surface area contributed by atoms with Crippen LogP contribution in [0.15, 0.2) is 6.20 Å². The van der Waals surface area contributed by atoms with Gasteiger partial charge in [0.1, 0.15) is 0 Å². The Morgan fingerprint density at radius 1 is 1.67 bits per heavy atom. The first-order valence-electron chi connectivity index (χ1n) is 4.86. The second-order valence-electron chi connectivity index (χ2n) is 3.53. The second-order valence-corrected chi connectivity index (χ2v) is 3.87. The van der Waals surface area contributed by atoms with Gasteiger partial charge in [-0.25, -0.2) is 9.37 Å². The van der Waals surface area contributed by atoms with Crippen LogP contribution in [0.3, 0.4) is 0 Å². The molecule has 0 aromatic carbocycles. The minimum absolute atomic E-state index is 0.0607. The summed E-state index contributed by atoms with van der Waals surface area (Å²) in [5.41, 5.74) is 0. The van der Waals surface area contributed by atoms with E-state index in [1.165, 1.54) is 0 Å². The molecule has 6 heteroatoms. The van der Waals surface area contributed by atoms with E-state index in [0.717, 1.165) is 25.8 Å². The zero-order chi connectivity index (χ0) is 10.8. The lowest BCUT2D eigenvalue weighted by Crippen LogP contribution is -2.54. The minimum Gasteiger partial charge on any atom is -0.362 e. The fourth-order valence-electron chi connectivity index (χ4n) is 1.56. The first-order valence-corrected chi connectivity index (χ1v) is 5.23. The highest BCUT2D eigenvalue weighted by Crippen LogP contribution is 2.17. The quantitative estimate of drug-likeness (QED) is 0.797. The van der Waals surface area contributed by atoms with E-state index in [1.807, 2.05) is 0 Å². The fourth-order valence-corrected chi connectivity index (χ4v) is 1.69. The second kappa shape index (κ2) is 4.28. The molecule has 1 N–H and O–H groups in total. The average Bonchev–Trinajstić information content (AvgIpc) is 2.16. The van der Waals surface area contributed by atoms with Gasteiger partial charge in [-0.3, -0.25) is 4.90 Å². The van der Waals surface area contributed by atoms with Crippen molar-refractivity contribution in [2.75, 3.05) is 25.0 Å². The standard InChI is InChI=1S/C9H12ClFN4/c1-2-15-4-6(5-15)13-8-7(11)3-12-9(10)14-8/h3,6H,2,4-5H2,1H3,(H,12,13,14). The van der Waals surface area contributed by atoms with Crippen molar-refractivity contribution in [3.63, 3.8) is 0 Å². The maximum absolute atomic E-state index is 13.2. The highest BCUT2D eigenvalue weighted by atomic mass is 35.5. The summed E-state index contributed by atoms with van der Waals surface area (Å²) in [6.07, 6.45) is 1.08. The molecular formula is C9H12ClFN4. The largest absolute Gasteiger partial charge is 0.362 e. The van der Waals surface area contributed by atoms with E-state index in [9.17, 15) is 4.39 Å². The molecule has 0 unspecified atom stereocenters. The Bertz CT molecular complexity index is 354. The van der Waals surface area contributed by atoms with Gasteiger partial charge in [0, 0.05) is 13.1 Å². The molecule has 1 aromatic rings. The number of nitrogens with zero attached hydrogens (tertiary/aromatic N) is 3. The molecule has 15 heavy (non-hydrogen) atoms. The SMILES string of the molecule is CCN1CC(Nc2nc(Cl)ncc2F)C1. The van der Waals surface area contributed by atoms with Crippen molar-refractivity contribution in [1.29, 1.82) is 0 Å². The summed E-state index contributed by atoms with van der Waals surface area (Å²) in [6.45, 7) is 4.94. The van der Waals surface area contributed by atoms with Gasteiger partial charge in [0.15, 0.2) is 11.6 Å². The van der Waals surface area contributed by atoms with Crippen LogP contribution in [0.2, 0.25) is 5.28 Å². The number of likely N-dealkylation sites (N-methyl/N-ethyl adjacent to an activating group) is 1. The molecule has 82 valence electrons. The van der Waals surface area contributed by atoms with Gasteiger partial charge in [-0.15, -0.1) is 0 Å². The predicted molar refractivity (Wildman–Crippen MR) is 56.5 cm³/mol. The molecule has 2 rings (SSSR count). The molecule has 0 atom stereocenters. The van der Waals surface area contributed by atoms with Gasteiger partial charge in [-0.1, -0.05) is 6.92 Å². The van der Waals surface area contributed by atoms with Gasteiger partial charge >= 0.3 is 0 Å². The van der Waals surface area contributed by atoms with Crippen LogP contribution < -0.4 is 5.32 Å². The molecule has 1 fully saturated rings. The van der Waals surface area contributed by atoms with Crippen LogP contribution in [0.25, 0.3) is 0 Å². The average molecular weight is 231 g/mol. The Labute approximate surface area is 92.5 Å². The molecule has 1 aliphatic rings. The van der Waals surface area contributed by atoms with Gasteiger partial charge in [0.25, 0.3) is 0 Å². The number of hydrogen-bond donors (Lipinski definition) is 1. The molecular weight excluding hydrogens is 219 g/mol. The molecule has 2 heterocycles. The first-order chi connectivity index (χ1) is 7.19. The summed E-state index contributed by atoms with van der Waals surface area (Å²) in [6, 6.07) is 0.255. The van der Waals surface area contributed by atoms with E-state index in [2.05, 4.69) is 27.1 Å². The van der Waals surface area contributed by atoms with Gasteiger partial charge in [-0.2, -0.15) is 4.98 Å². The molecule has 4 nitrogen and oxygen atoms in total. The monoisotopic (exact) mass is 230 g/mol. The highest BCUT2D eigenvalue weighted by molar-refractivity contribution is 6.28. The summed E-state index contributed by atoms with van der Waals surface area (Å²) in [7, 11) is 0. The number of nitrogens with one attached hydrogen (secondary N) is 1. The van der Waals surface area contributed by atoms with Crippen molar-refractivity contribution in [1.82, 2.24) is 14.9 Å². The maximum Gasteiger partial charge on any atom is 0.224 e. The number of likely N-dealkylation sites (tertiary alicyclic amines) is 1. The zero-order valence-electron chi connectivity index (χ0n) is 8.37. The third-order valence-electron chi connectivity index (χ3n) is 2.46. The third-order valence-corrected chi connectivity index (χ3v) is 2.64. The van der Waals surface area contributed by atoms with Gasteiger partial charge in [0.05, 0.1) is 12.2 Å². The number of rotatable bonds is 3. The van der Waals surface area contributed by atoms with E-state index in [1.54, 1.807) is 0 Å². The summed E-state index contributed by atoms with van der Waals surface area (Å²) < 4.78 is 13.2. The summed E-state index contributed by atoms with van der Waals surface area (Å²) in [5.74, 6) is -0.273. The normalized spacial score (nSPS) is 17.5. The topological polar surface area (TPSA) is 41.0 Å². The molecule has 0 saturated carbocycles. The Hall–Kier alpha value is -0.940. The zero-order valence-corrected chi connectivity index (χ0v) is 9.13. The fraction of sp³-hybridized carbons (Fsp3) is 0.556. The maximum atomic E-state index is 13.2. The van der Waals surface area contributed by atoms with Crippen molar-refractivity contribution in [2.24, 2.45) is 0 Å². The van der Waals surface area contributed by atoms with E-state index in [4.69, 9.17) is 11.6 Å². The summed E-state index contributed by atoms with van der Waals surface area (Å²) in [5, 5.41) is 3.06. The molecule has 0 radical (unpaired) electrons. The van der Waals surface area contributed by atoms with E-state index < -0.39 is 5.82 Å². The minimum atomic E-state index is -0.464. The van der Waals surface area contributed by atoms with E-state index in [-0.39, 0.29) is 17.1 Å². The number of hydrogen-bond acceptors (Lipinski definition) is 4. The lowest BCUT2D eigenvalue weighted by molar-refractivity contribution is 0.171. The van der Waals surface area contributed by atoms with Crippen LogP contribution >= 0.6 is 11.6 Å². The van der Waals surface area contributed by atoms with Crippen molar-refractivity contribution < 1.29 is 4.39 Å². The third kappa shape index (κ3) is 2.35. The van der Waals surface area contributed by atoms with E-state index in [0.29, 0.717) is 0 Å². The lowest BCUT2D eigenvalue weighted by Gasteiger charge is -2.39. The number of aromatic nitrogens is 2. The van der Waals surface area contributed by atoms with Gasteiger partial charge < -0.3 is 5.32 Å². The van der Waals surface area contributed by atoms with Crippen molar-refractivity contribution >= 4 is 17.4 Å². The van der Waals surface area contributed by atoms with E-state index >= 15 is 0 Å². The molecule has 0 spiro atoms. The molecule has 0 bridgehead atoms. The van der Waals surface area contributed by atoms with Crippen LogP contribution in [-0.4, -0.2) is 40.5 Å². The predicted octanol–water partition coefficient (Wildman–Crippen LogP) is 1.39. The lowest BCUT2D eigenvalue weighted by atomic mass is 10.1.